The molecular weight excluding hydrogens is 176 g/mol. The summed E-state index contributed by atoms with van der Waals surface area (Å²) in [6.45, 7) is 1.82. The minimum Gasteiger partial charge on any atom is -0.385 e. The van der Waals surface area contributed by atoms with Crippen LogP contribution in [0.2, 0.25) is 0 Å². The highest BCUT2D eigenvalue weighted by Gasteiger charge is 2.22. The fraction of sp³-hybridized carbons (Fsp3) is 0.875. The highest BCUT2D eigenvalue weighted by Crippen LogP contribution is 2.08. The molecule has 0 rings (SSSR count). The van der Waals surface area contributed by atoms with Gasteiger partial charge in [0.25, 0.3) is 5.97 Å². The van der Waals surface area contributed by atoms with Gasteiger partial charge in [-0.2, -0.15) is 0 Å². The van der Waals surface area contributed by atoms with Crippen LogP contribution in [-0.4, -0.2) is 38.3 Å². The van der Waals surface area contributed by atoms with E-state index in [4.69, 9.17) is 20.4 Å². The van der Waals surface area contributed by atoms with Crippen molar-refractivity contribution in [3.05, 3.63) is 0 Å². The molecule has 0 aliphatic heterocycles. The Morgan fingerprint density at radius 2 is 1.92 bits per heavy atom. The molecule has 0 aromatic rings. The number of hydrogen-bond donors (Lipinski definition) is 4. The summed E-state index contributed by atoms with van der Waals surface area (Å²) < 4.78 is 0. The van der Waals surface area contributed by atoms with Crippen molar-refractivity contribution in [2.24, 2.45) is 0 Å². The normalized spacial score (nSPS) is 14.2. The van der Waals surface area contributed by atoms with E-state index in [1.54, 1.807) is 0 Å². The first-order valence-corrected chi connectivity index (χ1v) is 4.24. The molecule has 0 heterocycles. The number of rotatable bonds is 6. The van der Waals surface area contributed by atoms with E-state index in [1.807, 2.05) is 6.92 Å². The predicted molar refractivity (Wildman–Crippen MR) is 44.5 cm³/mol. The summed E-state index contributed by atoms with van der Waals surface area (Å²) in [6.07, 6.45) is -0.756. The van der Waals surface area contributed by atoms with Crippen LogP contribution in [0.15, 0.2) is 0 Å². The van der Waals surface area contributed by atoms with Crippen molar-refractivity contribution in [2.45, 2.75) is 44.7 Å². The van der Waals surface area contributed by atoms with Gasteiger partial charge in [0.05, 0.1) is 0 Å². The molecule has 0 saturated carbocycles. The van der Waals surface area contributed by atoms with E-state index in [1.165, 1.54) is 0 Å². The number of aliphatic hydroxyl groups is 4. The molecule has 0 radical (unpaired) electrons. The molecule has 1 atom stereocenters. The van der Waals surface area contributed by atoms with E-state index < -0.39 is 24.3 Å². The zero-order chi connectivity index (χ0) is 10.5. The van der Waals surface area contributed by atoms with E-state index in [-0.39, 0.29) is 6.42 Å². The molecule has 0 fully saturated rings. The van der Waals surface area contributed by atoms with Crippen molar-refractivity contribution in [1.29, 1.82) is 0 Å². The molecule has 0 aromatic heterocycles. The van der Waals surface area contributed by atoms with Crippen molar-refractivity contribution in [2.75, 3.05) is 0 Å². The first-order chi connectivity index (χ1) is 5.87. The summed E-state index contributed by atoms with van der Waals surface area (Å²) in [5.74, 6) is -3.30. The Bertz CT molecular complexity index is 160. The maximum absolute atomic E-state index is 11.0. The molecule has 13 heavy (non-hydrogen) atoms. The van der Waals surface area contributed by atoms with Crippen molar-refractivity contribution < 1.29 is 25.2 Å². The number of hydrogen-bond acceptors (Lipinski definition) is 5. The number of carbonyl (C=O) groups is 1. The third-order valence-electron chi connectivity index (χ3n) is 1.64. The second-order valence-electron chi connectivity index (χ2n) is 3.05. The highest BCUT2D eigenvalue weighted by atomic mass is 16.7. The summed E-state index contributed by atoms with van der Waals surface area (Å²) in [5.41, 5.74) is 0. The second-order valence-corrected chi connectivity index (χ2v) is 3.05. The monoisotopic (exact) mass is 192 g/mol. The lowest BCUT2D eigenvalue weighted by atomic mass is 10.1. The maximum Gasteiger partial charge on any atom is 0.275 e. The van der Waals surface area contributed by atoms with Gasteiger partial charge in [-0.05, 0) is 6.42 Å². The number of ketones is 1. The lowest BCUT2D eigenvalue weighted by Crippen LogP contribution is -2.30. The molecule has 0 saturated heterocycles. The van der Waals surface area contributed by atoms with Gasteiger partial charge in [0.15, 0.2) is 5.78 Å². The lowest BCUT2D eigenvalue weighted by Gasteiger charge is -2.14. The zero-order valence-corrected chi connectivity index (χ0v) is 7.60. The largest absolute Gasteiger partial charge is 0.385 e. The van der Waals surface area contributed by atoms with E-state index in [2.05, 4.69) is 0 Å². The van der Waals surface area contributed by atoms with Crippen LogP contribution in [0.1, 0.15) is 32.6 Å². The Balaban J connectivity index is 3.74. The Kier molecular flexibility index (Phi) is 5.09. The van der Waals surface area contributed by atoms with Gasteiger partial charge < -0.3 is 20.4 Å². The van der Waals surface area contributed by atoms with Gasteiger partial charge in [0.2, 0.25) is 0 Å². The molecule has 0 aromatic carbocycles. The summed E-state index contributed by atoms with van der Waals surface area (Å²) in [7, 11) is 0. The van der Waals surface area contributed by atoms with Gasteiger partial charge >= 0.3 is 0 Å². The summed E-state index contributed by atoms with van der Waals surface area (Å²) in [4.78, 5) is 11.0. The van der Waals surface area contributed by atoms with Crippen LogP contribution in [0.5, 0.6) is 0 Å². The van der Waals surface area contributed by atoms with Crippen molar-refractivity contribution >= 4 is 5.78 Å². The number of aliphatic hydroxyl groups excluding tert-OH is 1. The first-order valence-electron chi connectivity index (χ1n) is 4.24. The Morgan fingerprint density at radius 3 is 2.31 bits per heavy atom. The maximum atomic E-state index is 11.0. The molecule has 78 valence electrons. The van der Waals surface area contributed by atoms with Crippen molar-refractivity contribution in [3.8, 4) is 0 Å². The molecule has 4 N–H and O–H groups in total. The Labute approximate surface area is 76.6 Å². The van der Waals surface area contributed by atoms with Crippen molar-refractivity contribution in [1.82, 2.24) is 0 Å². The fourth-order valence-electron chi connectivity index (χ4n) is 0.892. The molecule has 0 bridgehead atoms. The van der Waals surface area contributed by atoms with Crippen LogP contribution in [0.25, 0.3) is 0 Å². The topological polar surface area (TPSA) is 98.0 Å². The predicted octanol–water partition coefficient (Wildman–Crippen LogP) is -0.873. The standard InChI is InChI=1S/C8H16O5/c1-2-3-6(9)7(10)4-5-8(11,12)13/h6,9,11-13H,2-5H2,1H3. The first kappa shape index (κ1) is 12.5. The van der Waals surface area contributed by atoms with E-state index in [9.17, 15) is 4.79 Å². The fourth-order valence-corrected chi connectivity index (χ4v) is 0.892. The molecule has 0 spiro atoms. The zero-order valence-electron chi connectivity index (χ0n) is 7.60. The molecular formula is C8H16O5. The minimum absolute atomic E-state index is 0.245. The van der Waals surface area contributed by atoms with Crippen molar-refractivity contribution in [3.63, 3.8) is 0 Å². The molecule has 5 heteroatoms. The molecule has 0 aliphatic rings. The third kappa shape index (κ3) is 6.65. The van der Waals surface area contributed by atoms with E-state index in [0.717, 1.165) is 0 Å². The number of carbonyl (C=O) groups excluding carboxylic acids is 1. The molecule has 0 aliphatic carbocycles. The molecule has 1 unspecified atom stereocenters. The average Bonchev–Trinajstić information content (AvgIpc) is 1.99. The van der Waals surface area contributed by atoms with Crippen LogP contribution < -0.4 is 0 Å². The molecule has 0 amide bonds. The highest BCUT2D eigenvalue weighted by molar-refractivity contribution is 5.82. The van der Waals surface area contributed by atoms with E-state index in [0.29, 0.717) is 12.8 Å². The van der Waals surface area contributed by atoms with Gasteiger partial charge in [-0.3, -0.25) is 4.79 Å². The SMILES string of the molecule is CCCC(O)C(=O)CCC(O)(O)O. The van der Waals surface area contributed by atoms with Gasteiger partial charge in [-0.25, -0.2) is 0 Å². The Hall–Kier alpha value is -0.490. The van der Waals surface area contributed by atoms with Gasteiger partial charge in [0.1, 0.15) is 6.10 Å². The smallest absolute Gasteiger partial charge is 0.275 e. The van der Waals surface area contributed by atoms with Crippen LogP contribution in [0.3, 0.4) is 0 Å². The van der Waals surface area contributed by atoms with Crippen LogP contribution >= 0.6 is 0 Å². The summed E-state index contributed by atoms with van der Waals surface area (Å²) >= 11 is 0. The second kappa shape index (κ2) is 5.29. The Morgan fingerprint density at radius 1 is 1.38 bits per heavy atom. The summed E-state index contributed by atoms with van der Waals surface area (Å²) in [6, 6.07) is 0. The lowest BCUT2D eigenvalue weighted by molar-refractivity contribution is -0.314. The van der Waals surface area contributed by atoms with Crippen LogP contribution in [-0.2, 0) is 4.79 Å². The average molecular weight is 192 g/mol. The molecule has 5 nitrogen and oxygen atoms in total. The summed E-state index contributed by atoms with van der Waals surface area (Å²) in [5, 5.41) is 34.5. The van der Waals surface area contributed by atoms with Gasteiger partial charge in [0, 0.05) is 12.8 Å². The minimum atomic E-state index is -2.82. The van der Waals surface area contributed by atoms with Crippen LogP contribution in [0.4, 0.5) is 0 Å². The quantitative estimate of drug-likeness (QED) is 0.410. The third-order valence-corrected chi connectivity index (χ3v) is 1.64. The van der Waals surface area contributed by atoms with E-state index >= 15 is 0 Å². The van der Waals surface area contributed by atoms with Gasteiger partial charge in [-0.1, -0.05) is 13.3 Å². The van der Waals surface area contributed by atoms with Crippen LogP contribution in [0, 0.1) is 0 Å². The number of Topliss-reactive ketones (excluding diaryl/α,β-unsaturated/α-hetero) is 1. The van der Waals surface area contributed by atoms with Gasteiger partial charge in [-0.15, -0.1) is 0 Å².